The number of fused-ring (bicyclic) bond motifs is 1. The predicted molar refractivity (Wildman–Crippen MR) is 115 cm³/mol. The van der Waals surface area contributed by atoms with Crippen LogP contribution >= 0.6 is 0 Å². The molecule has 0 radical (unpaired) electrons. The Kier molecular flexibility index (Phi) is 5.59. The van der Waals surface area contributed by atoms with Crippen LogP contribution in [0.25, 0.3) is 6.08 Å². The van der Waals surface area contributed by atoms with Crippen LogP contribution in [0.3, 0.4) is 0 Å². The first-order valence-corrected chi connectivity index (χ1v) is 9.48. The van der Waals surface area contributed by atoms with E-state index in [-0.39, 0.29) is 5.57 Å². The lowest BCUT2D eigenvalue weighted by atomic mass is 9.93. The van der Waals surface area contributed by atoms with Crippen LogP contribution in [0.5, 0.6) is 5.88 Å². The van der Waals surface area contributed by atoms with Crippen molar-refractivity contribution in [3.05, 3.63) is 94.4 Å². The molecular formula is C25H17FN2O3. The van der Waals surface area contributed by atoms with Crippen molar-refractivity contribution in [1.29, 1.82) is 0 Å². The molecule has 4 rings (SSSR count). The molecule has 2 aromatic carbocycles. The molecule has 0 saturated heterocycles. The second-order valence-electron chi connectivity index (χ2n) is 6.84. The van der Waals surface area contributed by atoms with Crippen molar-refractivity contribution in [2.75, 3.05) is 12.4 Å². The summed E-state index contributed by atoms with van der Waals surface area (Å²) in [5.74, 6) is 5.24. The summed E-state index contributed by atoms with van der Waals surface area (Å²) in [5.41, 5.74) is 2.77. The number of carbonyl (C=O) groups is 2. The standard InChI is InChI=1S/C25H17FN2O3/c1-31-23-15-17(10-11-27-23)5-2-4-16-8-9-22-20(13-16)24(29)21(25(30)28-22)14-18-6-3-7-19(26)12-18/h3,6-15H,5H2,1H3,(H,28,30). The van der Waals surface area contributed by atoms with Crippen LogP contribution in [-0.4, -0.2) is 23.8 Å². The van der Waals surface area contributed by atoms with Gasteiger partial charge in [0.25, 0.3) is 5.91 Å². The van der Waals surface area contributed by atoms with Gasteiger partial charge in [-0.25, -0.2) is 9.37 Å². The molecule has 1 aliphatic heterocycles. The Morgan fingerprint density at radius 2 is 2.00 bits per heavy atom. The van der Waals surface area contributed by atoms with Gasteiger partial charge in [0.2, 0.25) is 11.7 Å². The maximum Gasteiger partial charge on any atom is 0.259 e. The Morgan fingerprint density at radius 3 is 2.81 bits per heavy atom. The normalized spacial score (nSPS) is 13.8. The molecule has 3 aromatic rings. The lowest BCUT2D eigenvalue weighted by Crippen LogP contribution is -2.27. The quantitative estimate of drug-likeness (QED) is 0.401. The van der Waals surface area contributed by atoms with Gasteiger partial charge in [-0.1, -0.05) is 24.0 Å². The number of hydrogen-bond donors (Lipinski definition) is 1. The van der Waals surface area contributed by atoms with E-state index < -0.39 is 17.5 Å². The van der Waals surface area contributed by atoms with Crippen LogP contribution in [0, 0.1) is 17.7 Å². The molecule has 0 saturated carbocycles. The van der Waals surface area contributed by atoms with Crippen molar-refractivity contribution < 1.29 is 18.7 Å². The average Bonchev–Trinajstić information content (AvgIpc) is 2.77. The highest BCUT2D eigenvalue weighted by Gasteiger charge is 2.28. The lowest BCUT2D eigenvalue weighted by Gasteiger charge is -2.18. The zero-order chi connectivity index (χ0) is 21.8. The van der Waals surface area contributed by atoms with Gasteiger partial charge in [-0.2, -0.15) is 0 Å². The van der Waals surface area contributed by atoms with Crippen LogP contribution in [0.1, 0.15) is 27.0 Å². The maximum atomic E-state index is 13.5. The van der Waals surface area contributed by atoms with Gasteiger partial charge in [0.05, 0.1) is 18.4 Å². The van der Waals surface area contributed by atoms with Gasteiger partial charge in [0, 0.05) is 29.8 Å². The number of halogens is 1. The zero-order valence-corrected chi connectivity index (χ0v) is 16.6. The van der Waals surface area contributed by atoms with Crippen molar-refractivity contribution in [2.24, 2.45) is 0 Å². The average molecular weight is 412 g/mol. The smallest absolute Gasteiger partial charge is 0.259 e. The minimum atomic E-state index is -0.521. The van der Waals surface area contributed by atoms with Gasteiger partial charge >= 0.3 is 0 Å². The number of ether oxygens (including phenoxy) is 1. The largest absolute Gasteiger partial charge is 0.481 e. The van der Waals surface area contributed by atoms with E-state index in [0.29, 0.717) is 34.7 Å². The molecule has 1 aromatic heterocycles. The first-order valence-electron chi connectivity index (χ1n) is 9.48. The summed E-state index contributed by atoms with van der Waals surface area (Å²) < 4.78 is 18.6. The van der Waals surface area contributed by atoms with E-state index in [4.69, 9.17) is 4.74 Å². The fraction of sp³-hybridized carbons (Fsp3) is 0.0800. The summed E-state index contributed by atoms with van der Waals surface area (Å²) >= 11 is 0. The van der Waals surface area contributed by atoms with E-state index in [9.17, 15) is 14.0 Å². The minimum Gasteiger partial charge on any atom is -0.481 e. The number of ketones is 1. The van der Waals surface area contributed by atoms with Gasteiger partial charge in [-0.15, -0.1) is 0 Å². The highest BCUT2D eigenvalue weighted by Crippen LogP contribution is 2.27. The van der Waals surface area contributed by atoms with E-state index >= 15 is 0 Å². The molecule has 0 unspecified atom stereocenters. The van der Waals surface area contributed by atoms with E-state index in [1.165, 1.54) is 24.3 Å². The summed E-state index contributed by atoms with van der Waals surface area (Å²) in [5, 5.41) is 2.71. The van der Waals surface area contributed by atoms with Crippen LogP contribution < -0.4 is 10.1 Å². The lowest BCUT2D eigenvalue weighted by molar-refractivity contribution is -0.112. The number of hydrogen-bond acceptors (Lipinski definition) is 4. The van der Waals surface area contributed by atoms with Crippen molar-refractivity contribution >= 4 is 23.5 Å². The summed E-state index contributed by atoms with van der Waals surface area (Å²) in [6.07, 6.45) is 3.53. The Bertz CT molecular complexity index is 1290. The van der Waals surface area contributed by atoms with Crippen molar-refractivity contribution in [3.63, 3.8) is 0 Å². The molecule has 2 heterocycles. The van der Waals surface area contributed by atoms with Crippen molar-refractivity contribution in [3.8, 4) is 17.7 Å². The molecule has 152 valence electrons. The molecule has 0 atom stereocenters. The molecule has 0 aliphatic carbocycles. The highest BCUT2D eigenvalue weighted by molar-refractivity contribution is 6.36. The molecule has 5 nitrogen and oxygen atoms in total. The summed E-state index contributed by atoms with van der Waals surface area (Å²) in [6, 6.07) is 14.4. The number of carbonyl (C=O) groups excluding carboxylic acids is 2. The van der Waals surface area contributed by atoms with E-state index in [1.54, 1.807) is 37.6 Å². The van der Waals surface area contributed by atoms with E-state index in [0.717, 1.165) is 5.56 Å². The molecule has 0 spiro atoms. The number of amides is 1. The number of anilines is 1. The number of aromatic nitrogens is 1. The third kappa shape index (κ3) is 4.51. The van der Waals surface area contributed by atoms with Crippen molar-refractivity contribution in [2.45, 2.75) is 6.42 Å². The number of rotatable bonds is 3. The Labute approximate surface area is 178 Å². The van der Waals surface area contributed by atoms with Crippen LogP contribution in [-0.2, 0) is 11.2 Å². The predicted octanol–water partition coefficient (Wildman–Crippen LogP) is 4.04. The number of nitrogens with zero attached hydrogens (tertiary/aromatic N) is 1. The first kappa shape index (κ1) is 20.0. The van der Waals surface area contributed by atoms with Gasteiger partial charge in [0.15, 0.2) is 0 Å². The molecule has 1 amide bonds. The Hall–Kier alpha value is -4.24. The minimum absolute atomic E-state index is 0.0490. The Balaban J connectivity index is 1.59. The number of pyridine rings is 1. The third-order valence-corrected chi connectivity index (χ3v) is 4.69. The maximum absolute atomic E-state index is 13.5. The van der Waals surface area contributed by atoms with E-state index in [1.807, 2.05) is 12.1 Å². The van der Waals surface area contributed by atoms with Gasteiger partial charge in [0.1, 0.15) is 5.82 Å². The molecule has 6 heteroatoms. The topological polar surface area (TPSA) is 68.3 Å². The molecule has 31 heavy (non-hydrogen) atoms. The van der Waals surface area contributed by atoms with Gasteiger partial charge in [-0.3, -0.25) is 9.59 Å². The second-order valence-corrected chi connectivity index (χ2v) is 6.84. The molecule has 0 bridgehead atoms. The van der Waals surface area contributed by atoms with Crippen LogP contribution in [0.15, 0.2) is 66.4 Å². The third-order valence-electron chi connectivity index (χ3n) is 4.69. The van der Waals surface area contributed by atoms with Crippen LogP contribution in [0.4, 0.5) is 10.1 Å². The fourth-order valence-corrected chi connectivity index (χ4v) is 3.17. The number of methoxy groups -OCH3 is 1. The number of Topliss-reactive ketones (excluding diaryl/α,β-unsaturated/α-hetero) is 1. The molecule has 1 N–H and O–H groups in total. The van der Waals surface area contributed by atoms with Crippen molar-refractivity contribution in [1.82, 2.24) is 4.98 Å². The molecule has 0 fully saturated rings. The van der Waals surface area contributed by atoms with Gasteiger partial charge < -0.3 is 10.1 Å². The number of benzene rings is 2. The highest BCUT2D eigenvalue weighted by atomic mass is 19.1. The van der Waals surface area contributed by atoms with Crippen LogP contribution in [0.2, 0.25) is 0 Å². The Morgan fingerprint density at radius 1 is 1.13 bits per heavy atom. The second kappa shape index (κ2) is 8.64. The van der Waals surface area contributed by atoms with Gasteiger partial charge in [-0.05, 0) is 53.6 Å². The molecule has 1 aliphatic rings. The SMILES string of the molecule is COc1cc(CC#Cc2ccc3c(c2)C(=O)C(=Cc2cccc(F)c2)C(=O)N3)ccn1. The number of nitrogens with one attached hydrogen (secondary N) is 1. The zero-order valence-electron chi connectivity index (χ0n) is 16.6. The molecular weight excluding hydrogens is 395 g/mol. The summed E-state index contributed by atoms with van der Waals surface area (Å²) in [4.78, 5) is 29.4. The first-order chi connectivity index (χ1) is 15.0. The summed E-state index contributed by atoms with van der Waals surface area (Å²) in [6.45, 7) is 0. The monoisotopic (exact) mass is 412 g/mol. The summed E-state index contributed by atoms with van der Waals surface area (Å²) in [7, 11) is 1.55. The van der Waals surface area contributed by atoms with E-state index in [2.05, 4.69) is 22.1 Å². The fourth-order valence-electron chi connectivity index (χ4n) is 3.17.